The van der Waals surface area contributed by atoms with Crippen LogP contribution in [0.15, 0.2) is 48.5 Å². The largest absolute Gasteiger partial charge is 0.351 e. The molecule has 3 amide bonds. The van der Waals surface area contributed by atoms with E-state index in [0.717, 1.165) is 17.8 Å². The molecule has 1 fully saturated rings. The molecule has 1 saturated heterocycles. The maximum atomic E-state index is 13.3. The highest BCUT2D eigenvalue weighted by Gasteiger charge is 2.26. The summed E-state index contributed by atoms with van der Waals surface area (Å²) < 4.78 is 26.6. The van der Waals surface area contributed by atoms with Gasteiger partial charge in [-0.15, -0.1) is 0 Å². The molecule has 1 aliphatic rings. The van der Waals surface area contributed by atoms with Crippen LogP contribution in [-0.2, 0) is 5.92 Å². The summed E-state index contributed by atoms with van der Waals surface area (Å²) >= 11 is 6.00. The number of piperazine rings is 1. The molecule has 0 unspecified atom stereocenters. The molecule has 2 N–H and O–H groups in total. The second kappa shape index (κ2) is 8.19. The van der Waals surface area contributed by atoms with E-state index in [1.165, 1.54) is 24.3 Å². The fourth-order valence-electron chi connectivity index (χ4n) is 3.55. The zero-order valence-corrected chi connectivity index (χ0v) is 17.5. The van der Waals surface area contributed by atoms with Crippen LogP contribution in [0.1, 0.15) is 23.0 Å². The molecule has 0 spiro atoms. The van der Waals surface area contributed by atoms with Crippen molar-refractivity contribution in [2.75, 3.05) is 31.5 Å². The fraction of sp³-hybridized carbons (Fsp3) is 0.273. The number of benzene rings is 2. The number of nitrogens with one attached hydrogen (secondary N) is 2. The van der Waals surface area contributed by atoms with Gasteiger partial charge in [0.05, 0.1) is 0 Å². The summed E-state index contributed by atoms with van der Waals surface area (Å²) in [5, 5.41) is 4.17. The molecule has 0 saturated carbocycles. The summed E-state index contributed by atoms with van der Waals surface area (Å²) in [7, 11) is 0. The van der Waals surface area contributed by atoms with Crippen LogP contribution < -0.4 is 5.32 Å². The second-order valence-electron chi connectivity index (χ2n) is 7.59. The van der Waals surface area contributed by atoms with Crippen molar-refractivity contribution in [2.45, 2.75) is 12.8 Å². The number of hydrogen-bond acceptors (Lipinski definition) is 2. The van der Waals surface area contributed by atoms with E-state index in [-0.39, 0.29) is 17.5 Å². The lowest BCUT2D eigenvalue weighted by atomic mass is 10.1. The molecule has 31 heavy (non-hydrogen) atoms. The SMILES string of the molecule is CC(F)(F)c1ccc(NC(=O)N2CCN(C(=O)c3cc4cc(Cl)ccc4[nH]3)CC2)cc1. The normalized spacial score (nSPS) is 14.7. The maximum absolute atomic E-state index is 13.3. The van der Waals surface area contributed by atoms with E-state index in [1.807, 2.05) is 6.07 Å². The quantitative estimate of drug-likeness (QED) is 0.599. The maximum Gasteiger partial charge on any atom is 0.321 e. The van der Waals surface area contributed by atoms with Crippen molar-refractivity contribution in [3.8, 4) is 0 Å². The third-order valence-electron chi connectivity index (χ3n) is 5.31. The number of hydrogen-bond donors (Lipinski definition) is 2. The lowest BCUT2D eigenvalue weighted by Gasteiger charge is -2.34. The Bertz CT molecular complexity index is 1120. The van der Waals surface area contributed by atoms with E-state index in [2.05, 4.69) is 10.3 Å². The number of H-pyrrole nitrogens is 1. The zero-order valence-electron chi connectivity index (χ0n) is 16.8. The van der Waals surface area contributed by atoms with E-state index in [9.17, 15) is 18.4 Å². The molecule has 1 aliphatic heterocycles. The van der Waals surface area contributed by atoms with Crippen LogP contribution in [-0.4, -0.2) is 52.9 Å². The number of halogens is 3. The number of alkyl halides is 2. The number of anilines is 1. The first kappa shape index (κ1) is 21.1. The predicted molar refractivity (Wildman–Crippen MR) is 116 cm³/mol. The van der Waals surface area contributed by atoms with Crippen LogP contribution in [0.3, 0.4) is 0 Å². The highest BCUT2D eigenvalue weighted by Crippen LogP contribution is 2.27. The van der Waals surface area contributed by atoms with E-state index >= 15 is 0 Å². The first-order valence-electron chi connectivity index (χ1n) is 9.82. The Morgan fingerprint density at radius 3 is 2.29 bits per heavy atom. The minimum atomic E-state index is -2.93. The first-order valence-corrected chi connectivity index (χ1v) is 10.2. The number of urea groups is 1. The van der Waals surface area contributed by atoms with Gasteiger partial charge in [0.15, 0.2) is 0 Å². The van der Waals surface area contributed by atoms with E-state index < -0.39 is 5.92 Å². The zero-order chi connectivity index (χ0) is 22.2. The molecule has 6 nitrogen and oxygen atoms in total. The predicted octanol–water partition coefficient (Wildman–Crippen LogP) is 4.92. The van der Waals surface area contributed by atoms with Gasteiger partial charge < -0.3 is 20.1 Å². The minimum absolute atomic E-state index is 0.114. The Morgan fingerprint density at radius 2 is 1.65 bits per heavy atom. The molecule has 9 heteroatoms. The lowest BCUT2D eigenvalue weighted by molar-refractivity contribution is 0.0175. The van der Waals surface area contributed by atoms with Gasteiger partial charge in [-0.25, -0.2) is 13.6 Å². The number of aromatic amines is 1. The van der Waals surface area contributed by atoms with Gasteiger partial charge in [-0.3, -0.25) is 4.79 Å². The van der Waals surface area contributed by atoms with E-state index in [1.54, 1.807) is 28.0 Å². The Balaban J connectivity index is 1.34. The van der Waals surface area contributed by atoms with Crippen molar-refractivity contribution < 1.29 is 18.4 Å². The van der Waals surface area contributed by atoms with Crippen LogP contribution in [0.4, 0.5) is 19.3 Å². The van der Waals surface area contributed by atoms with Crippen LogP contribution in [0.25, 0.3) is 10.9 Å². The Kier molecular flexibility index (Phi) is 5.58. The summed E-state index contributed by atoms with van der Waals surface area (Å²) in [6.07, 6.45) is 0. The summed E-state index contributed by atoms with van der Waals surface area (Å²) in [5.74, 6) is -3.06. The molecule has 162 valence electrons. The number of fused-ring (bicyclic) bond motifs is 1. The molecule has 4 rings (SSSR count). The Hall–Kier alpha value is -3.13. The summed E-state index contributed by atoms with van der Waals surface area (Å²) in [4.78, 5) is 31.7. The van der Waals surface area contributed by atoms with Gasteiger partial charge in [0.2, 0.25) is 0 Å². The first-order chi connectivity index (χ1) is 14.7. The molecule has 0 aliphatic carbocycles. The van der Waals surface area contributed by atoms with Gasteiger partial charge in [-0.2, -0.15) is 0 Å². The van der Waals surface area contributed by atoms with Crippen molar-refractivity contribution in [1.82, 2.24) is 14.8 Å². The van der Waals surface area contributed by atoms with E-state index in [0.29, 0.717) is 42.6 Å². The molecule has 1 aromatic heterocycles. The molecule has 3 aromatic rings. The Labute approximate surface area is 182 Å². The monoisotopic (exact) mass is 446 g/mol. The van der Waals surface area contributed by atoms with Gasteiger partial charge in [-0.05, 0) is 36.4 Å². The van der Waals surface area contributed by atoms with Crippen molar-refractivity contribution in [1.29, 1.82) is 0 Å². The van der Waals surface area contributed by atoms with Gasteiger partial charge in [0.1, 0.15) is 5.69 Å². The molecular weight excluding hydrogens is 426 g/mol. The Morgan fingerprint density at radius 1 is 1.00 bits per heavy atom. The van der Waals surface area contributed by atoms with Crippen LogP contribution in [0, 0.1) is 0 Å². The highest BCUT2D eigenvalue weighted by atomic mass is 35.5. The minimum Gasteiger partial charge on any atom is -0.351 e. The molecule has 0 atom stereocenters. The third-order valence-corrected chi connectivity index (χ3v) is 5.55. The lowest BCUT2D eigenvalue weighted by Crippen LogP contribution is -2.51. The summed E-state index contributed by atoms with van der Waals surface area (Å²) in [5.41, 5.74) is 1.63. The number of aromatic nitrogens is 1. The van der Waals surface area contributed by atoms with Gasteiger partial charge in [-0.1, -0.05) is 23.7 Å². The molecule has 2 aromatic carbocycles. The second-order valence-corrected chi connectivity index (χ2v) is 8.03. The standard InChI is InChI=1S/C22H21ClF2N4O2/c1-22(24,25)15-2-5-17(6-3-15)26-21(31)29-10-8-28(9-11-29)20(30)19-13-14-12-16(23)4-7-18(14)27-19/h2-7,12-13,27H,8-11H2,1H3,(H,26,31). The number of rotatable bonds is 3. The van der Waals surface area contributed by atoms with Gasteiger partial charge >= 0.3 is 6.03 Å². The van der Waals surface area contributed by atoms with E-state index in [4.69, 9.17) is 11.6 Å². The third kappa shape index (κ3) is 4.64. The van der Waals surface area contributed by atoms with Crippen molar-refractivity contribution in [3.63, 3.8) is 0 Å². The molecule has 0 bridgehead atoms. The average molecular weight is 447 g/mol. The number of carbonyl (C=O) groups excluding carboxylic acids is 2. The van der Waals surface area contributed by atoms with Crippen LogP contribution >= 0.6 is 11.6 Å². The topological polar surface area (TPSA) is 68.4 Å². The summed E-state index contributed by atoms with van der Waals surface area (Å²) in [6.45, 7) is 2.35. The van der Waals surface area contributed by atoms with Gasteiger partial charge in [0, 0.05) is 60.3 Å². The van der Waals surface area contributed by atoms with Crippen LogP contribution in [0.2, 0.25) is 5.02 Å². The molecule has 0 radical (unpaired) electrons. The van der Waals surface area contributed by atoms with Crippen LogP contribution in [0.5, 0.6) is 0 Å². The van der Waals surface area contributed by atoms with Gasteiger partial charge in [0.25, 0.3) is 11.8 Å². The number of carbonyl (C=O) groups is 2. The highest BCUT2D eigenvalue weighted by molar-refractivity contribution is 6.31. The molecule has 2 heterocycles. The molecular formula is C22H21ClF2N4O2. The number of amides is 3. The smallest absolute Gasteiger partial charge is 0.321 e. The average Bonchev–Trinajstić information content (AvgIpc) is 3.16. The van der Waals surface area contributed by atoms with Crippen molar-refractivity contribution in [3.05, 3.63) is 64.8 Å². The summed E-state index contributed by atoms with van der Waals surface area (Å²) in [6, 6.07) is 12.3. The van der Waals surface area contributed by atoms with Crippen molar-refractivity contribution in [2.24, 2.45) is 0 Å². The van der Waals surface area contributed by atoms with Crippen molar-refractivity contribution >= 4 is 40.1 Å². The number of nitrogens with zero attached hydrogens (tertiary/aromatic N) is 2. The fourth-order valence-corrected chi connectivity index (χ4v) is 3.73.